The summed E-state index contributed by atoms with van der Waals surface area (Å²) in [7, 11) is 1.57. The highest BCUT2D eigenvalue weighted by Gasteiger charge is 2.08. The van der Waals surface area contributed by atoms with Gasteiger partial charge in [0.15, 0.2) is 0 Å². The second-order valence-electron chi connectivity index (χ2n) is 5.05. The fourth-order valence-corrected chi connectivity index (χ4v) is 2.25. The van der Waals surface area contributed by atoms with Gasteiger partial charge < -0.3 is 13.9 Å². The Bertz CT molecular complexity index is 847. The van der Waals surface area contributed by atoms with Crippen LogP contribution in [0.15, 0.2) is 57.7 Å². The molecule has 112 valence electrons. The summed E-state index contributed by atoms with van der Waals surface area (Å²) in [4.78, 5) is 11.7. The van der Waals surface area contributed by atoms with Crippen molar-refractivity contribution < 1.29 is 13.9 Å². The standard InChI is InChI=1S/C18H16O4/c1-12-3-5-14(6-4-12)21-11-13-9-18(19)22-17-10-15(20-2)7-8-16(13)17/h3-10H,11H2,1-2H3. The first-order valence-corrected chi connectivity index (χ1v) is 6.96. The van der Waals surface area contributed by atoms with Crippen LogP contribution in [0.5, 0.6) is 11.5 Å². The van der Waals surface area contributed by atoms with Crippen molar-refractivity contribution in [3.05, 3.63) is 70.1 Å². The SMILES string of the molecule is COc1ccc2c(COc3ccc(C)cc3)cc(=O)oc2c1. The first kappa shape index (κ1) is 14.2. The van der Waals surface area contributed by atoms with E-state index in [9.17, 15) is 4.79 Å². The zero-order valence-electron chi connectivity index (χ0n) is 12.5. The molecule has 4 heteroatoms. The third kappa shape index (κ3) is 2.96. The van der Waals surface area contributed by atoms with E-state index in [2.05, 4.69) is 0 Å². The lowest BCUT2D eigenvalue weighted by atomic mass is 10.1. The lowest BCUT2D eigenvalue weighted by Gasteiger charge is -2.09. The van der Waals surface area contributed by atoms with Crippen LogP contribution in [0.4, 0.5) is 0 Å². The van der Waals surface area contributed by atoms with Crippen molar-refractivity contribution in [1.82, 2.24) is 0 Å². The van der Waals surface area contributed by atoms with Crippen LogP contribution < -0.4 is 15.1 Å². The Morgan fingerprint density at radius 2 is 1.73 bits per heavy atom. The van der Waals surface area contributed by atoms with Gasteiger partial charge >= 0.3 is 5.63 Å². The number of hydrogen-bond donors (Lipinski definition) is 0. The van der Waals surface area contributed by atoms with Crippen molar-refractivity contribution in [3.63, 3.8) is 0 Å². The minimum absolute atomic E-state index is 0.303. The van der Waals surface area contributed by atoms with Crippen molar-refractivity contribution in [3.8, 4) is 11.5 Å². The topological polar surface area (TPSA) is 48.7 Å². The molecular formula is C18H16O4. The predicted molar refractivity (Wildman–Crippen MR) is 84.5 cm³/mol. The van der Waals surface area contributed by atoms with E-state index in [1.54, 1.807) is 13.2 Å². The molecule has 3 aromatic rings. The van der Waals surface area contributed by atoms with E-state index in [0.717, 1.165) is 16.7 Å². The number of benzene rings is 2. The van der Waals surface area contributed by atoms with Crippen LogP contribution in [-0.2, 0) is 6.61 Å². The van der Waals surface area contributed by atoms with E-state index in [0.29, 0.717) is 17.9 Å². The van der Waals surface area contributed by atoms with Crippen LogP contribution in [0.3, 0.4) is 0 Å². The molecule has 2 aromatic carbocycles. The van der Waals surface area contributed by atoms with Gasteiger partial charge in [-0.15, -0.1) is 0 Å². The Morgan fingerprint density at radius 1 is 1.00 bits per heavy atom. The molecule has 0 aliphatic rings. The molecule has 0 saturated heterocycles. The number of aryl methyl sites for hydroxylation is 1. The van der Waals surface area contributed by atoms with Gasteiger partial charge in [0, 0.05) is 23.1 Å². The highest BCUT2D eigenvalue weighted by atomic mass is 16.5. The largest absolute Gasteiger partial charge is 0.497 e. The molecule has 0 bridgehead atoms. The van der Waals surface area contributed by atoms with Gasteiger partial charge in [-0.25, -0.2) is 4.79 Å². The van der Waals surface area contributed by atoms with Gasteiger partial charge in [0.2, 0.25) is 0 Å². The molecule has 0 spiro atoms. The van der Waals surface area contributed by atoms with Crippen molar-refractivity contribution >= 4 is 11.0 Å². The van der Waals surface area contributed by atoms with Gasteiger partial charge in [-0.05, 0) is 31.2 Å². The lowest BCUT2D eigenvalue weighted by molar-refractivity contribution is 0.306. The average Bonchev–Trinajstić information content (AvgIpc) is 2.53. The highest BCUT2D eigenvalue weighted by Crippen LogP contribution is 2.23. The van der Waals surface area contributed by atoms with E-state index < -0.39 is 5.63 Å². The fraction of sp³-hybridized carbons (Fsp3) is 0.167. The second-order valence-corrected chi connectivity index (χ2v) is 5.05. The number of ether oxygens (including phenoxy) is 2. The molecule has 4 nitrogen and oxygen atoms in total. The normalized spacial score (nSPS) is 10.6. The molecule has 1 aromatic heterocycles. The Morgan fingerprint density at radius 3 is 2.45 bits per heavy atom. The Kier molecular flexibility index (Phi) is 3.83. The van der Waals surface area contributed by atoms with Gasteiger partial charge in [-0.2, -0.15) is 0 Å². The molecule has 0 atom stereocenters. The van der Waals surface area contributed by atoms with Crippen molar-refractivity contribution in [2.75, 3.05) is 7.11 Å². The molecule has 0 radical (unpaired) electrons. The summed E-state index contributed by atoms with van der Waals surface area (Å²) < 4.78 is 16.1. The van der Waals surface area contributed by atoms with Crippen LogP contribution in [0.25, 0.3) is 11.0 Å². The third-order valence-corrected chi connectivity index (χ3v) is 3.45. The number of methoxy groups -OCH3 is 1. The van der Waals surface area contributed by atoms with Gasteiger partial charge in [0.05, 0.1) is 7.11 Å². The maximum Gasteiger partial charge on any atom is 0.336 e. The van der Waals surface area contributed by atoms with Gasteiger partial charge in [-0.1, -0.05) is 17.7 Å². The summed E-state index contributed by atoms with van der Waals surface area (Å²) >= 11 is 0. The quantitative estimate of drug-likeness (QED) is 0.689. The minimum Gasteiger partial charge on any atom is -0.497 e. The molecule has 0 saturated carbocycles. The summed E-state index contributed by atoms with van der Waals surface area (Å²) in [6, 6.07) is 14.6. The minimum atomic E-state index is -0.400. The molecular weight excluding hydrogens is 280 g/mol. The number of rotatable bonds is 4. The molecule has 0 aliphatic heterocycles. The van der Waals surface area contributed by atoms with Crippen molar-refractivity contribution in [2.24, 2.45) is 0 Å². The summed E-state index contributed by atoms with van der Waals surface area (Å²) in [5.41, 5.74) is 2.05. The smallest absolute Gasteiger partial charge is 0.336 e. The predicted octanol–water partition coefficient (Wildman–Crippen LogP) is 3.69. The zero-order valence-corrected chi connectivity index (χ0v) is 12.5. The van der Waals surface area contributed by atoms with Crippen LogP contribution in [0.1, 0.15) is 11.1 Å². The third-order valence-electron chi connectivity index (χ3n) is 3.45. The highest BCUT2D eigenvalue weighted by molar-refractivity contribution is 5.81. The molecule has 0 unspecified atom stereocenters. The first-order chi connectivity index (χ1) is 10.7. The summed E-state index contributed by atoms with van der Waals surface area (Å²) in [6.07, 6.45) is 0. The molecule has 1 heterocycles. The van der Waals surface area contributed by atoms with E-state index in [1.807, 2.05) is 43.3 Å². The van der Waals surface area contributed by atoms with Crippen molar-refractivity contribution in [1.29, 1.82) is 0 Å². The zero-order chi connectivity index (χ0) is 15.5. The van der Waals surface area contributed by atoms with E-state index >= 15 is 0 Å². The van der Waals surface area contributed by atoms with E-state index in [4.69, 9.17) is 13.9 Å². The van der Waals surface area contributed by atoms with Gasteiger partial charge in [0.1, 0.15) is 23.7 Å². The Balaban J connectivity index is 1.92. The molecule has 22 heavy (non-hydrogen) atoms. The fourth-order valence-electron chi connectivity index (χ4n) is 2.25. The average molecular weight is 296 g/mol. The first-order valence-electron chi connectivity index (χ1n) is 6.96. The van der Waals surface area contributed by atoms with Crippen molar-refractivity contribution in [2.45, 2.75) is 13.5 Å². The lowest BCUT2D eigenvalue weighted by Crippen LogP contribution is -2.04. The summed E-state index contributed by atoms with van der Waals surface area (Å²) in [5, 5.41) is 0.840. The second kappa shape index (κ2) is 5.93. The number of fused-ring (bicyclic) bond motifs is 1. The van der Waals surface area contributed by atoms with Crippen LogP contribution in [0.2, 0.25) is 0 Å². The van der Waals surface area contributed by atoms with Gasteiger partial charge in [0.25, 0.3) is 0 Å². The van der Waals surface area contributed by atoms with Crippen LogP contribution >= 0.6 is 0 Å². The maximum absolute atomic E-state index is 11.7. The van der Waals surface area contributed by atoms with E-state index in [1.165, 1.54) is 11.6 Å². The molecule has 0 aliphatic carbocycles. The molecule has 3 rings (SSSR count). The van der Waals surface area contributed by atoms with Gasteiger partial charge in [-0.3, -0.25) is 0 Å². The van der Waals surface area contributed by atoms with E-state index in [-0.39, 0.29) is 0 Å². The monoisotopic (exact) mass is 296 g/mol. The maximum atomic E-state index is 11.7. The molecule has 0 N–H and O–H groups in total. The number of hydrogen-bond acceptors (Lipinski definition) is 4. The Labute approximate surface area is 127 Å². The summed E-state index contributed by atoms with van der Waals surface area (Å²) in [6.45, 7) is 2.32. The molecule has 0 amide bonds. The van der Waals surface area contributed by atoms with Crippen LogP contribution in [-0.4, -0.2) is 7.11 Å². The summed E-state index contributed by atoms with van der Waals surface area (Å²) in [5.74, 6) is 1.41. The Hall–Kier alpha value is -2.75. The molecule has 0 fully saturated rings. The van der Waals surface area contributed by atoms with Crippen LogP contribution in [0, 0.1) is 6.92 Å².